The Kier molecular flexibility index (Phi) is 5.17. The molecule has 0 heterocycles. The summed E-state index contributed by atoms with van der Waals surface area (Å²) in [6, 6.07) is 2.54. The van der Waals surface area contributed by atoms with E-state index in [9.17, 15) is 13.2 Å². The van der Waals surface area contributed by atoms with Gasteiger partial charge in [-0.05, 0) is 6.07 Å². The fourth-order valence-corrected chi connectivity index (χ4v) is 2.56. The second-order valence-electron chi connectivity index (χ2n) is 3.65. The normalized spacial score (nSPS) is 10.9. The van der Waals surface area contributed by atoms with Gasteiger partial charge in [-0.3, -0.25) is 4.79 Å². The molecule has 0 bridgehead atoms. The molecule has 1 rings (SSSR count). The van der Waals surface area contributed by atoms with Gasteiger partial charge in [0.15, 0.2) is 0 Å². The average molecular weight is 304 g/mol. The largest absolute Gasteiger partial charge is 0.495 e. The van der Waals surface area contributed by atoms with E-state index in [1.165, 1.54) is 26.4 Å². The van der Waals surface area contributed by atoms with Crippen molar-refractivity contribution in [3.63, 3.8) is 0 Å². The minimum atomic E-state index is -3.97. The smallest absolute Gasteiger partial charge is 0.320 e. The first-order valence-electron chi connectivity index (χ1n) is 5.43. The monoisotopic (exact) mass is 304 g/mol. The molecule has 0 atom stereocenters. The van der Waals surface area contributed by atoms with E-state index in [0.717, 1.165) is 7.11 Å². The lowest BCUT2D eigenvalue weighted by atomic mass is 10.3. The molecule has 0 aromatic heterocycles. The molecule has 20 heavy (non-hydrogen) atoms. The second-order valence-corrected chi connectivity index (χ2v) is 5.38. The summed E-state index contributed by atoms with van der Waals surface area (Å²) in [6.45, 7) is -0.492. The molecule has 9 heteroatoms. The minimum Gasteiger partial charge on any atom is -0.495 e. The van der Waals surface area contributed by atoms with Crippen LogP contribution in [0.15, 0.2) is 17.0 Å². The highest BCUT2D eigenvalue weighted by molar-refractivity contribution is 7.89. The van der Waals surface area contributed by atoms with Gasteiger partial charge >= 0.3 is 5.97 Å². The third kappa shape index (κ3) is 3.52. The lowest BCUT2D eigenvalue weighted by Crippen LogP contribution is -2.30. The zero-order valence-electron chi connectivity index (χ0n) is 11.3. The van der Waals surface area contributed by atoms with Crippen molar-refractivity contribution >= 4 is 21.7 Å². The number of esters is 1. The fraction of sp³-hybridized carbons (Fsp3) is 0.364. The molecule has 1 aromatic rings. The number of rotatable bonds is 6. The summed E-state index contributed by atoms with van der Waals surface area (Å²) < 4.78 is 40.6. The number of benzene rings is 1. The lowest BCUT2D eigenvalue weighted by Gasteiger charge is -2.13. The molecule has 0 saturated carbocycles. The molecule has 8 nitrogen and oxygen atoms in total. The van der Waals surface area contributed by atoms with Crippen molar-refractivity contribution < 1.29 is 27.4 Å². The Balaban J connectivity index is 3.17. The molecule has 0 aliphatic rings. The van der Waals surface area contributed by atoms with Crippen LogP contribution < -0.4 is 19.9 Å². The molecular weight excluding hydrogens is 288 g/mol. The second kappa shape index (κ2) is 6.44. The first-order chi connectivity index (χ1) is 9.35. The van der Waals surface area contributed by atoms with E-state index in [0.29, 0.717) is 0 Å². The van der Waals surface area contributed by atoms with Crippen LogP contribution in [0.25, 0.3) is 0 Å². The number of nitrogens with one attached hydrogen (secondary N) is 1. The molecule has 3 N–H and O–H groups in total. The first-order valence-corrected chi connectivity index (χ1v) is 6.92. The number of methoxy groups -OCH3 is 3. The van der Waals surface area contributed by atoms with Gasteiger partial charge in [0.1, 0.15) is 22.9 Å². The third-order valence-electron chi connectivity index (χ3n) is 2.44. The summed E-state index contributed by atoms with van der Waals surface area (Å²) in [5.74, 6) is -0.379. The number of hydrogen-bond donors (Lipinski definition) is 2. The zero-order valence-corrected chi connectivity index (χ0v) is 12.1. The molecule has 0 amide bonds. The van der Waals surface area contributed by atoms with Crippen molar-refractivity contribution in [2.45, 2.75) is 4.90 Å². The number of ether oxygens (including phenoxy) is 3. The van der Waals surface area contributed by atoms with E-state index < -0.39 is 22.5 Å². The number of anilines is 1. The Morgan fingerprint density at radius 3 is 2.30 bits per heavy atom. The minimum absolute atomic E-state index is 0.0495. The summed E-state index contributed by atoms with van der Waals surface area (Å²) >= 11 is 0. The van der Waals surface area contributed by atoms with Gasteiger partial charge in [-0.25, -0.2) is 8.42 Å². The predicted molar refractivity (Wildman–Crippen MR) is 71.2 cm³/mol. The molecule has 112 valence electrons. The van der Waals surface area contributed by atoms with Gasteiger partial charge in [-0.1, -0.05) is 0 Å². The van der Waals surface area contributed by atoms with E-state index in [1.54, 1.807) is 0 Å². The van der Waals surface area contributed by atoms with Crippen molar-refractivity contribution in [2.75, 3.05) is 33.6 Å². The summed E-state index contributed by atoms with van der Waals surface area (Å²) in [5, 5.41) is 0. The lowest BCUT2D eigenvalue weighted by molar-refractivity contribution is -0.139. The summed E-state index contributed by atoms with van der Waals surface area (Å²) in [7, 11) is -0.104. The quantitative estimate of drug-likeness (QED) is 0.549. The molecule has 0 saturated heterocycles. The van der Waals surface area contributed by atoms with Gasteiger partial charge in [-0.15, -0.1) is 0 Å². The fourth-order valence-electron chi connectivity index (χ4n) is 1.41. The molecule has 0 aliphatic heterocycles. The summed E-state index contributed by atoms with van der Waals surface area (Å²) in [6.07, 6.45) is 0. The van der Waals surface area contributed by atoms with E-state index in [2.05, 4.69) is 9.46 Å². The average Bonchev–Trinajstić information content (AvgIpc) is 2.44. The predicted octanol–water partition coefficient (Wildman–Crippen LogP) is -0.263. The van der Waals surface area contributed by atoms with Crippen LogP contribution in [-0.2, 0) is 19.6 Å². The Morgan fingerprint density at radius 2 is 1.80 bits per heavy atom. The highest BCUT2D eigenvalue weighted by Crippen LogP contribution is 2.33. The Labute approximate surface area is 116 Å². The Hall–Kier alpha value is -2.00. The van der Waals surface area contributed by atoms with Crippen LogP contribution in [-0.4, -0.2) is 42.3 Å². The van der Waals surface area contributed by atoms with Gasteiger partial charge < -0.3 is 19.9 Å². The standard InChI is InChI=1S/C11H16N2O6S/c1-17-8-5-9(18-2)10(4-7(8)12)20(15,16)13-6-11(14)19-3/h4-5,13H,6,12H2,1-3H3. The maximum Gasteiger partial charge on any atom is 0.320 e. The van der Waals surface area contributed by atoms with Gasteiger partial charge in [0.05, 0.1) is 27.0 Å². The van der Waals surface area contributed by atoms with Crippen molar-refractivity contribution in [1.82, 2.24) is 4.72 Å². The van der Waals surface area contributed by atoms with Crippen molar-refractivity contribution in [1.29, 1.82) is 0 Å². The number of carbonyl (C=O) groups excluding carboxylic acids is 1. The van der Waals surface area contributed by atoms with Crippen molar-refractivity contribution in [3.05, 3.63) is 12.1 Å². The Bertz CT molecular complexity index is 599. The highest BCUT2D eigenvalue weighted by atomic mass is 32.2. The molecular formula is C11H16N2O6S. The maximum absolute atomic E-state index is 12.1. The van der Waals surface area contributed by atoms with Crippen molar-refractivity contribution in [2.24, 2.45) is 0 Å². The Morgan fingerprint density at radius 1 is 1.20 bits per heavy atom. The van der Waals surface area contributed by atoms with Gasteiger partial charge in [-0.2, -0.15) is 4.72 Å². The molecule has 0 spiro atoms. The number of sulfonamides is 1. The van der Waals surface area contributed by atoms with Crippen LogP contribution in [0.2, 0.25) is 0 Å². The maximum atomic E-state index is 12.1. The molecule has 0 fully saturated rings. The van der Waals surface area contributed by atoms with E-state index >= 15 is 0 Å². The number of nitrogen functional groups attached to an aromatic ring is 1. The van der Waals surface area contributed by atoms with Crippen LogP contribution in [0.1, 0.15) is 0 Å². The molecule has 0 unspecified atom stereocenters. The molecule has 0 aliphatic carbocycles. The van der Waals surface area contributed by atoms with Crippen LogP contribution in [0.5, 0.6) is 11.5 Å². The number of hydrogen-bond acceptors (Lipinski definition) is 7. The van der Waals surface area contributed by atoms with Gasteiger partial charge in [0, 0.05) is 6.07 Å². The third-order valence-corrected chi connectivity index (χ3v) is 3.86. The van der Waals surface area contributed by atoms with Gasteiger partial charge in [0.25, 0.3) is 0 Å². The topological polar surface area (TPSA) is 117 Å². The van der Waals surface area contributed by atoms with E-state index in [4.69, 9.17) is 15.2 Å². The van der Waals surface area contributed by atoms with E-state index in [-0.39, 0.29) is 22.1 Å². The molecule has 0 radical (unpaired) electrons. The SMILES string of the molecule is COC(=O)CNS(=O)(=O)c1cc(N)c(OC)cc1OC. The zero-order chi connectivity index (χ0) is 15.3. The van der Waals surface area contributed by atoms with Crippen LogP contribution >= 0.6 is 0 Å². The first kappa shape index (κ1) is 16.1. The van der Waals surface area contributed by atoms with Crippen LogP contribution in [0.4, 0.5) is 5.69 Å². The number of nitrogens with two attached hydrogens (primary N) is 1. The molecule has 1 aromatic carbocycles. The number of carbonyl (C=O) groups is 1. The van der Waals surface area contributed by atoms with E-state index in [1.807, 2.05) is 0 Å². The van der Waals surface area contributed by atoms with Crippen LogP contribution in [0, 0.1) is 0 Å². The van der Waals surface area contributed by atoms with Gasteiger partial charge in [0.2, 0.25) is 10.0 Å². The van der Waals surface area contributed by atoms with Crippen molar-refractivity contribution in [3.8, 4) is 11.5 Å². The highest BCUT2D eigenvalue weighted by Gasteiger charge is 2.22. The summed E-state index contributed by atoms with van der Waals surface area (Å²) in [5.41, 5.74) is 5.80. The van der Waals surface area contributed by atoms with Crippen LogP contribution in [0.3, 0.4) is 0 Å². The summed E-state index contributed by atoms with van der Waals surface area (Å²) in [4.78, 5) is 10.8.